The summed E-state index contributed by atoms with van der Waals surface area (Å²) in [6.07, 6.45) is 0. The van der Waals surface area contributed by atoms with Gasteiger partial charge in [0.1, 0.15) is 11.9 Å². The minimum Gasteiger partial charge on any atom is -0.480 e. The Morgan fingerprint density at radius 3 is 2.12 bits per heavy atom. The van der Waals surface area contributed by atoms with Crippen LogP contribution in [0.2, 0.25) is 5.02 Å². The largest absolute Gasteiger partial charge is 0.480 e. The zero-order chi connectivity index (χ0) is 17.1. The van der Waals surface area contributed by atoms with Gasteiger partial charge < -0.3 is 10.0 Å². The number of carbonyl (C=O) groups is 1. The highest BCUT2D eigenvalue weighted by Crippen LogP contribution is 2.25. The third kappa shape index (κ3) is 3.68. The Hall–Kier alpha value is -2.11. The minimum atomic E-state index is -0.915. The summed E-state index contributed by atoms with van der Waals surface area (Å²) in [5.41, 5.74) is 1.68. The maximum atomic E-state index is 13.1. The molecule has 2 aromatic rings. The molecule has 0 saturated carbocycles. The first-order valence-corrected chi connectivity index (χ1v) is 8.15. The second kappa shape index (κ2) is 7.20. The van der Waals surface area contributed by atoms with E-state index in [0.29, 0.717) is 23.7 Å². The van der Waals surface area contributed by atoms with Crippen LogP contribution in [0.4, 0.5) is 10.1 Å². The second-order valence-corrected chi connectivity index (χ2v) is 6.23. The molecule has 0 aromatic heterocycles. The summed E-state index contributed by atoms with van der Waals surface area (Å²) < 4.78 is 13.1. The van der Waals surface area contributed by atoms with E-state index in [9.17, 15) is 14.3 Å². The van der Waals surface area contributed by atoms with Crippen LogP contribution in [0, 0.1) is 5.82 Å². The average Bonchev–Trinajstić information content (AvgIpc) is 2.58. The molecule has 1 aliphatic heterocycles. The first-order chi connectivity index (χ1) is 11.5. The molecule has 0 aliphatic carbocycles. The van der Waals surface area contributed by atoms with Gasteiger partial charge in [-0.1, -0.05) is 23.7 Å². The van der Waals surface area contributed by atoms with Crippen molar-refractivity contribution in [2.75, 3.05) is 31.1 Å². The van der Waals surface area contributed by atoms with E-state index in [1.54, 1.807) is 12.1 Å². The molecule has 0 unspecified atom stereocenters. The third-order valence-corrected chi connectivity index (χ3v) is 4.54. The van der Waals surface area contributed by atoms with E-state index in [1.807, 2.05) is 29.2 Å². The Kier molecular flexibility index (Phi) is 5.02. The van der Waals surface area contributed by atoms with E-state index in [2.05, 4.69) is 4.90 Å². The number of piperazine rings is 1. The van der Waals surface area contributed by atoms with Gasteiger partial charge in [0.05, 0.1) is 0 Å². The van der Waals surface area contributed by atoms with E-state index < -0.39 is 12.0 Å². The van der Waals surface area contributed by atoms with Crippen molar-refractivity contribution in [3.05, 3.63) is 64.9 Å². The molecule has 2 aromatic carbocycles. The Bertz CT molecular complexity index is 698. The van der Waals surface area contributed by atoms with E-state index in [1.165, 1.54) is 12.1 Å². The highest BCUT2D eigenvalue weighted by molar-refractivity contribution is 6.30. The predicted molar refractivity (Wildman–Crippen MR) is 92.0 cm³/mol. The summed E-state index contributed by atoms with van der Waals surface area (Å²) in [5, 5.41) is 10.3. The summed E-state index contributed by atoms with van der Waals surface area (Å²) in [5.74, 6) is -1.28. The van der Waals surface area contributed by atoms with Gasteiger partial charge in [-0.05, 0) is 42.0 Å². The van der Waals surface area contributed by atoms with E-state index in [0.717, 1.165) is 18.8 Å². The van der Waals surface area contributed by atoms with Crippen LogP contribution in [0.15, 0.2) is 48.5 Å². The molecule has 1 heterocycles. The van der Waals surface area contributed by atoms with Crippen molar-refractivity contribution in [2.45, 2.75) is 6.04 Å². The number of aliphatic carboxylic acids is 1. The molecule has 1 atom stereocenters. The molecule has 1 saturated heterocycles. The predicted octanol–water partition coefficient (Wildman–Crippen LogP) is 3.43. The molecule has 1 fully saturated rings. The van der Waals surface area contributed by atoms with Crippen LogP contribution >= 0.6 is 11.6 Å². The number of carboxylic acid groups (broad SMARTS) is 1. The van der Waals surface area contributed by atoms with Gasteiger partial charge in [-0.2, -0.15) is 0 Å². The molecule has 4 nitrogen and oxygen atoms in total. The van der Waals surface area contributed by atoms with Crippen LogP contribution in [0.1, 0.15) is 11.6 Å². The molecule has 6 heteroatoms. The van der Waals surface area contributed by atoms with Crippen LogP contribution in [0.3, 0.4) is 0 Å². The van der Waals surface area contributed by atoms with Crippen LogP contribution < -0.4 is 4.90 Å². The Balaban J connectivity index is 1.70. The molecular weight excluding hydrogens is 331 g/mol. The number of halogens is 2. The lowest BCUT2D eigenvalue weighted by atomic mass is 10.0. The molecule has 0 spiro atoms. The summed E-state index contributed by atoms with van der Waals surface area (Å²) in [7, 11) is 0. The molecular formula is C18H18ClFN2O2. The molecule has 1 N–H and O–H groups in total. The minimum absolute atomic E-state index is 0.365. The molecule has 126 valence electrons. The number of hydrogen-bond donors (Lipinski definition) is 1. The Labute approximate surface area is 145 Å². The Morgan fingerprint density at radius 2 is 1.58 bits per heavy atom. The first-order valence-electron chi connectivity index (χ1n) is 7.77. The van der Waals surface area contributed by atoms with Gasteiger partial charge in [-0.15, -0.1) is 0 Å². The fraction of sp³-hybridized carbons (Fsp3) is 0.278. The van der Waals surface area contributed by atoms with Crippen LogP contribution in [0.25, 0.3) is 0 Å². The normalized spacial score (nSPS) is 16.8. The molecule has 0 amide bonds. The van der Waals surface area contributed by atoms with Crippen molar-refractivity contribution in [1.29, 1.82) is 0 Å². The van der Waals surface area contributed by atoms with Gasteiger partial charge in [0, 0.05) is 36.9 Å². The van der Waals surface area contributed by atoms with Gasteiger partial charge >= 0.3 is 5.97 Å². The lowest BCUT2D eigenvalue weighted by Crippen LogP contribution is -2.49. The Morgan fingerprint density at radius 1 is 1.00 bits per heavy atom. The van der Waals surface area contributed by atoms with Crippen molar-refractivity contribution >= 4 is 23.3 Å². The topological polar surface area (TPSA) is 43.8 Å². The maximum Gasteiger partial charge on any atom is 0.325 e. The number of carboxylic acids is 1. The highest BCUT2D eigenvalue weighted by Gasteiger charge is 2.30. The summed E-state index contributed by atoms with van der Waals surface area (Å²) in [6, 6.07) is 12.6. The maximum absolute atomic E-state index is 13.1. The number of anilines is 1. The average molecular weight is 349 g/mol. The van der Waals surface area contributed by atoms with Crippen LogP contribution in [-0.4, -0.2) is 42.2 Å². The van der Waals surface area contributed by atoms with E-state index >= 15 is 0 Å². The lowest BCUT2D eigenvalue weighted by molar-refractivity contribution is -0.143. The summed E-state index contributed by atoms with van der Waals surface area (Å²) in [4.78, 5) is 15.8. The SMILES string of the molecule is O=C(O)[C@@H](c1ccc(F)cc1)N1CCN(c2ccc(Cl)cc2)CC1. The highest BCUT2D eigenvalue weighted by atomic mass is 35.5. The van der Waals surface area contributed by atoms with Gasteiger partial charge in [0.15, 0.2) is 0 Å². The van der Waals surface area contributed by atoms with Crippen molar-refractivity contribution < 1.29 is 14.3 Å². The quantitative estimate of drug-likeness (QED) is 0.919. The van der Waals surface area contributed by atoms with E-state index in [-0.39, 0.29) is 5.82 Å². The monoisotopic (exact) mass is 348 g/mol. The number of benzene rings is 2. The summed E-state index contributed by atoms with van der Waals surface area (Å²) >= 11 is 5.91. The zero-order valence-electron chi connectivity index (χ0n) is 13.0. The van der Waals surface area contributed by atoms with Crippen molar-refractivity contribution in [1.82, 2.24) is 4.90 Å². The van der Waals surface area contributed by atoms with Gasteiger partial charge in [-0.3, -0.25) is 9.69 Å². The van der Waals surface area contributed by atoms with Gasteiger partial charge in [-0.25, -0.2) is 4.39 Å². The number of hydrogen-bond acceptors (Lipinski definition) is 3. The second-order valence-electron chi connectivity index (χ2n) is 5.79. The summed E-state index contributed by atoms with van der Waals surface area (Å²) in [6.45, 7) is 2.70. The van der Waals surface area contributed by atoms with Crippen LogP contribution in [0.5, 0.6) is 0 Å². The molecule has 0 radical (unpaired) electrons. The van der Waals surface area contributed by atoms with Crippen molar-refractivity contribution in [3.8, 4) is 0 Å². The van der Waals surface area contributed by atoms with E-state index in [4.69, 9.17) is 11.6 Å². The smallest absolute Gasteiger partial charge is 0.325 e. The lowest BCUT2D eigenvalue weighted by Gasteiger charge is -2.39. The van der Waals surface area contributed by atoms with Gasteiger partial charge in [0.2, 0.25) is 0 Å². The fourth-order valence-electron chi connectivity index (χ4n) is 3.04. The fourth-order valence-corrected chi connectivity index (χ4v) is 3.17. The van der Waals surface area contributed by atoms with Gasteiger partial charge in [0.25, 0.3) is 0 Å². The molecule has 0 bridgehead atoms. The number of nitrogens with zero attached hydrogens (tertiary/aromatic N) is 2. The molecule has 24 heavy (non-hydrogen) atoms. The van der Waals surface area contributed by atoms with Crippen LogP contribution in [-0.2, 0) is 4.79 Å². The standard InChI is InChI=1S/C18H18ClFN2O2/c19-14-3-7-16(8-4-14)21-9-11-22(12-10-21)17(18(23)24)13-1-5-15(20)6-2-13/h1-8,17H,9-12H2,(H,23,24)/t17-/m1/s1. The zero-order valence-corrected chi connectivity index (χ0v) is 13.8. The number of rotatable bonds is 4. The molecule has 1 aliphatic rings. The molecule has 3 rings (SSSR count). The van der Waals surface area contributed by atoms with Crippen molar-refractivity contribution in [3.63, 3.8) is 0 Å². The van der Waals surface area contributed by atoms with Crippen molar-refractivity contribution in [2.24, 2.45) is 0 Å². The first kappa shape index (κ1) is 16.7. The third-order valence-electron chi connectivity index (χ3n) is 4.29.